The maximum atomic E-state index is 13.8. The standard InChI is InChI=1S/C25H24F2N4O3/c1-4-34-19-11-5-16(6-12-19)15(2)29-25(32)20-14-28-31-22(23(26)27)13-21(30-24(20)31)17-7-9-18(33-3)10-8-17/h5-15,23H,4H2,1-3H3,(H,29,32)/t15-/m1/s1. The molecule has 176 valence electrons. The van der Waals surface area contributed by atoms with Crippen molar-refractivity contribution in [2.24, 2.45) is 0 Å². The van der Waals surface area contributed by atoms with E-state index in [2.05, 4.69) is 15.4 Å². The van der Waals surface area contributed by atoms with Gasteiger partial charge in [0, 0.05) is 5.56 Å². The van der Waals surface area contributed by atoms with Crippen molar-refractivity contribution in [3.63, 3.8) is 0 Å². The van der Waals surface area contributed by atoms with Crippen molar-refractivity contribution in [1.82, 2.24) is 19.9 Å². The molecule has 2 heterocycles. The minimum atomic E-state index is -2.80. The molecule has 0 radical (unpaired) electrons. The summed E-state index contributed by atoms with van der Waals surface area (Å²) in [6.45, 7) is 4.30. The van der Waals surface area contributed by atoms with Crippen molar-refractivity contribution >= 4 is 11.6 Å². The molecule has 4 aromatic rings. The number of fused-ring (bicyclic) bond motifs is 1. The molecule has 0 bridgehead atoms. The molecule has 0 fully saturated rings. The van der Waals surface area contributed by atoms with Crippen LogP contribution in [0.5, 0.6) is 11.5 Å². The predicted molar refractivity (Wildman–Crippen MR) is 123 cm³/mol. The van der Waals surface area contributed by atoms with Gasteiger partial charge in [0.05, 0.1) is 31.6 Å². The molecule has 1 N–H and O–H groups in total. The van der Waals surface area contributed by atoms with Crippen molar-refractivity contribution in [2.45, 2.75) is 26.3 Å². The summed E-state index contributed by atoms with van der Waals surface area (Å²) in [4.78, 5) is 17.5. The van der Waals surface area contributed by atoms with E-state index >= 15 is 0 Å². The van der Waals surface area contributed by atoms with Crippen LogP contribution < -0.4 is 14.8 Å². The van der Waals surface area contributed by atoms with Crippen LogP contribution in [0.25, 0.3) is 16.9 Å². The number of alkyl halides is 2. The number of hydrogen-bond donors (Lipinski definition) is 1. The van der Waals surface area contributed by atoms with E-state index < -0.39 is 12.3 Å². The van der Waals surface area contributed by atoms with Gasteiger partial charge in [-0.1, -0.05) is 12.1 Å². The number of halogens is 2. The van der Waals surface area contributed by atoms with Crippen LogP contribution in [0.4, 0.5) is 8.78 Å². The van der Waals surface area contributed by atoms with Crippen LogP contribution in [0.2, 0.25) is 0 Å². The highest BCUT2D eigenvalue weighted by Crippen LogP contribution is 2.28. The molecular weight excluding hydrogens is 442 g/mol. The Morgan fingerprint density at radius 2 is 1.76 bits per heavy atom. The second-order valence-corrected chi connectivity index (χ2v) is 7.59. The lowest BCUT2D eigenvalue weighted by Gasteiger charge is -2.15. The van der Waals surface area contributed by atoms with E-state index in [4.69, 9.17) is 9.47 Å². The Bertz CT molecular complexity index is 1290. The van der Waals surface area contributed by atoms with Gasteiger partial charge in [0.15, 0.2) is 5.65 Å². The van der Waals surface area contributed by atoms with Gasteiger partial charge in [-0.2, -0.15) is 5.10 Å². The lowest BCUT2D eigenvalue weighted by atomic mass is 10.1. The Kier molecular flexibility index (Phi) is 6.72. The summed E-state index contributed by atoms with van der Waals surface area (Å²) in [5, 5.41) is 6.90. The number of carbonyl (C=O) groups excluding carboxylic acids is 1. The Hall–Kier alpha value is -4.01. The lowest BCUT2D eigenvalue weighted by molar-refractivity contribution is 0.0941. The highest BCUT2D eigenvalue weighted by atomic mass is 19.3. The molecule has 0 saturated heterocycles. The highest BCUT2D eigenvalue weighted by molar-refractivity contribution is 6.00. The number of aromatic nitrogens is 3. The van der Waals surface area contributed by atoms with E-state index in [1.807, 2.05) is 38.1 Å². The zero-order valence-corrected chi connectivity index (χ0v) is 19.0. The quantitative estimate of drug-likeness (QED) is 0.385. The Balaban J connectivity index is 1.66. The van der Waals surface area contributed by atoms with Crippen LogP contribution in [-0.4, -0.2) is 34.2 Å². The zero-order valence-electron chi connectivity index (χ0n) is 19.0. The fraction of sp³-hybridized carbons (Fsp3) is 0.240. The van der Waals surface area contributed by atoms with Crippen molar-refractivity contribution in [2.75, 3.05) is 13.7 Å². The van der Waals surface area contributed by atoms with Crippen molar-refractivity contribution in [1.29, 1.82) is 0 Å². The molecule has 1 amide bonds. The summed E-state index contributed by atoms with van der Waals surface area (Å²) < 4.78 is 39.2. The Labute approximate surface area is 195 Å². The summed E-state index contributed by atoms with van der Waals surface area (Å²) in [5.41, 5.74) is 1.60. The van der Waals surface area contributed by atoms with Gasteiger partial charge < -0.3 is 14.8 Å². The van der Waals surface area contributed by atoms with Gasteiger partial charge >= 0.3 is 0 Å². The largest absolute Gasteiger partial charge is 0.497 e. The van der Waals surface area contributed by atoms with Gasteiger partial charge in [0.1, 0.15) is 22.8 Å². The summed E-state index contributed by atoms with van der Waals surface area (Å²) in [5.74, 6) is 0.907. The van der Waals surface area contributed by atoms with E-state index in [0.29, 0.717) is 23.6 Å². The van der Waals surface area contributed by atoms with Crippen LogP contribution >= 0.6 is 0 Å². The zero-order chi connectivity index (χ0) is 24.2. The van der Waals surface area contributed by atoms with E-state index in [1.165, 1.54) is 12.3 Å². The predicted octanol–water partition coefficient (Wildman–Crippen LogP) is 5.23. The van der Waals surface area contributed by atoms with Crippen molar-refractivity contribution in [3.8, 4) is 22.8 Å². The molecule has 1 atom stereocenters. The first-order chi connectivity index (χ1) is 16.4. The molecule has 9 heteroatoms. The number of methoxy groups -OCH3 is 1. The second-order valence-electron chi connectivity index (χ2n) is 7.59. The van der Waals surface area contributed by atoms with Gasteiger partial charge in [-0.25, -0.2) is 18.3 Å². The molecule has 0 unspecified atom stereocenters. The van der Waals surface area contributed by atoms with Crippen LogP contribution in [0.3, 0.4) is 0 Å². The van der Waals surface area contributed by atoms with E-state index in [0.717, 1.165) is 15.8 Å². The fourth-order valence-corrected chi connectivity index (χ4v) is 3.59. The molecule has 0 aliphatic carbocycles. The van der Waals surface area contributed by atoms with E-state index in [1.54, 1.807) is 31.4 Å². The molecule has 4 rings (SSSR count). The number of ether oxygens (including phenoxy) is 2. The average Bonchev–Trinajstić information content (AvgIpc) is 3.28. The van der Waals surface area contributed by atoms with Gasteiger partial charge in [-0.3, -0.25) is 4.79 Å². The molecular formula is C25H24F2N4O3. The number of hydrogen-bond acceptors (Lipinski definition) is 5. The van der Waals surface area contributed by atoms with Gasteiger partial charge in [0.2, 0.25) is 0 Å². The lowest BCUT2D eigenvalue weighted by Crippen LogP contribution is -2.26. The summed E-state index contributed by atoms with van der Waals surface area (Å²) >= 11 is 0. The third kappa shape index (κ3) is 4.68. The minimum absolute atomic E-state index is 0.0556. The molecule has 34 heavy (non-hydrogen) atoms. The Morgan fingerprint density at radius 1 is 1.09 bits per heavy atom. The first-order valence-electron chi connectivity index (χ1n) is 10.8. The number of nitrogens with one attached hydrogen (secondary N) is 1. The summed E-state index contributed by atoms with van der Waals surface area (Å²) in [6, 6.07) is 15.2. The first-order valence-corrected chi connectivity index (χ1v) is 10.8. The van der Waals surface area contributed by atoms with Crippen LogP contribution in [0, 0.1) is 0 Å². The molecule has 2 aromatic carbocycles. The highest BCUT2D eigenvalue weighted by Gasteiger charge is 2.22. The summed E-state index contributed by atoms with van der Waals surface area (Å²) in [7, 11) is 1.54. The molecule has 0 saturated carbocycles. The second kappa shape index (κ2) is 9.86. The molecule has 7 nitrogen and oxygen atoms in total. The number of nitrogens with zero attached hydrogens (tertiary/aromatic N) is 3. The number of carbonyl (C=O) groups is 1. The van der Waals surface area contributed by atoms with Crippen LogP contribution in [0.1, 0.15) is 47.9 Å². The average molecular weight is 466 g/mol. The SMILES string of the molecule is CCOc1ccc([C@@H](C)NC(=O)c2cnn3c(C(F)F)cc(-c4ccc(OC)cc4)nc23)cc1. The fourth-order valence-electron chi connectivity index (χ4n) is 3.59. The summed E-state index contributed by atoms with van der Waals surface area (Å²) in [6.07, 6.45) is -1.55. The topological polar surface area (TPSA) is 77.8 Å². The molecule has 0 spiro atoms. The number of benzene rings is 2. The van der Waals surface area contributed by atoms with Gasteiger partial charge in [-0.05, 0) is 61.9 Å². The number of rotatable bonds is 8. The van der Waals surface area contributed by atoms with Crippen LogP contribution in [0.15, 0.2) is 60.8 Å². The van der Waals surface area contributed by atoms with Crippen molar-refractivity contribution in [3.05, 3.63) is 77.6 Å². The normalized spacial score (nSPS) is 12.1. The first kappa shape index (κ1) is 23.2. The monoisotopic (exact) mass is 466 g/mol. The minimum Gasteiger partial charge on any atom is -0.497 e. The smallest absolute Gasteiger partial charge is 0.280 e. The van der Waals surface area contributed by atoms with Crippen LogP contribution in [-0.2, 0) is 0 Å². The van der Waals surface area contributed by atoms with E-state index in [-0.39, 0.29) is 22.9 Å². The molecule has 0 aliphatic heterocycles. The number of amides is 1. The maximum absolute atomic E-state index is 13.8. The maximum Gasteiger partial charge on any atom is 0.280 e. The molecule has 0 aliphatic rings. The Morgan fingerprint density at radius 3 is 2.38 bits per heavy atom. The third-order valence-electron chi connectivity index (χ3n) is 5.39. The molecule has 2 aromatic heterocycles. The third-order valence-corrected chi connectivity index (χ3v) is 5.39. The van der Waals surface area contributed by atoms with Gasteiger partial charge in [-0.15, -0.1) is 0 Å². The van der Waals surface area contributed by atoms with Gasteiger partial charge in [0.25, 0.3) is 12.3 Å². The van der Waals surface area contributed by atoms with E-state index in [9.17, 15) is 13.6 Å². The van der Waals surface area contributed by atoms with Crippen molar-refractivity contribution < 1.29 is 23.0 Å².